The Kier molecular flexibility index (Phi) is 4.10. The molecule has 4 nitrogen and oxygen atoms in total. The van der Waals surface area contributed by atoms with Gasteiger partial charge in [0, 0.05) is 12.0 Å². The number of aryl methyl sites for hydroxylation is 1. The highest BCUT2D eigenvalue weighted by molar-refractivity contribution is 5.55. The van der Waals surface area contributed by atoms with Crippen molar-refractivity contribution in [2.24, 2.45) is 5.73 Å². The maximum Gasteiger partial charge on any atom is 0.181 e. The summed E-state index contributed by atoms with van der Waals surface area (Å²) in [4.78, 5) is 4.47. The Morgan fingerprint density at radius 1 is 1.22 bits per heavy atom. The fourth-order valence-corrected chi connectivity index (χ4v) is 1.82. The van der Waals surface area contributed by atoms with Gasteiger partial charge >= 0.3 is 0 Å². The van der Waals surface area contributed by atoms with E-state index >= 15 is 0 Å². The Bertz CT molecular complexity index is 485. The molecule has 0 saturated heterocycles. The van der Waals surface area contributed by atoms with E-state index in [9.17, 15) is 0 Å². The van der Waals surface area contributed by atoms with Gasteiger partial charge in [-0.3, -0.25) is 5.10 Å². The fourth-order valence-electron chi connectivity index (χ4n) is 1.82. The maximum absolute atomic E-state index is 5.48. The van der Waals surface area contributed by atoms with Crippen molar-refractivity contribution in [1.82, 2.24) is 15.2 Å². The predicted molar refractivity (Wildman–Crippen MR) is 73.3 cm³/mol. The van der Waals surface area contributed by atoms with Crippen LogP contribution in [0.3, 0.4) is 0 Å². The van der Waals surface area contributed by atoms with E-state index in [0.717, 1.165) is 30.1 Å². The summed E-state index contributed by atoms with van der Waals surface area (Å²) in [5.74, 6) is 2.21. The van der Waals surface area contributed by atoms with Crippen LogP contribution in [-0.2, 0) is 6.42 Å². The molecule has 0 unspecified atom stereocenters. The first-order valence-electron chi connectivity index (χ1n) is 6.42. The third-order valence-corrected chi connectivity index (χ3v) is 2.98. The molecule has 0 atom stereocenters. The van der Waals surface area contributed by atoms with E-state index in [-0.39, 0.29) is 0 Å². The minimum absolute atomic E-state index is 0.548. The minimum Gasteiger partial charge on any atom is -0.330 e. The van der Waals surface area contributed by atoms with Gasteiger partial charge in [0.25, 0.3) is 0 Å². The Balaban J connectivity index is 2.13. The Hall–Kier alpha value is -1.68. The zero-order valence-electron chi connectivity index (χ0n) is 11.0. The lowest BCUT2D eigenvalue weighted by atomic mass is 10.0. The molecule has 0 aliphatic heterocycles. The molecule has 2 rings (SSSR count). The van der Waals surface area contributed by atoms with Crippen LogP contribution in [0, 0.1) is 0 Å². The van der Waals surface area contributed by atoms with E-state index in [1.54, 1.807) is 0 Å². The van der Waals surface area contributed by atoms with Crippen molar-refractivity contribution in [2.45, 2.75) is 32.6 Å². The van der Waals surface area contributed by atoms with E-state index in [2.05, 4.69) is 53.3 Å². The Morgan fingerprint density at radius 3 is 2.56 bits per heavy atom. The van der Waals surface area contributed by atoms with E-state index in [1.165, 1.54) is 5.56 Å². The number of hydrogen-bond acceptors (Lipinski definition) is 3. The van der Waals surface area contributed by atoms with E-state index in [4.69, 9.17) is 5.73 Å². The lowest BCUT2D eigenvalue weighted by Crippen LogP contribution is -2.01. The number of H-pyrrole nitrogens is 1. The Morgan fingerprint density at radius 2 is 1.94 bits per heavy atom. The van der Waals surface area contributed by atoms with Crippen molar-refractivity contribution >= 4 is 0 Å². The monoisotopic (exact) mass is 244 g/mol. The van der Waals surface area contributed by atoms with E-state index in [0.29, 0.717) is 12.5 Å². The van der Waals surface area contributed by atoms with Crippen LogP contribution >= 0.6 is 0 Å². The molecular formula is C14H20N4. The second-order valence-corrected chi connectivity index (χ2v) is 4.77. The number of aromatic nitrogens is 3. The first-order chi connectivity index (χ1) is 8.70. The second kappa shape index (κ2) is 5.78. The van der Waals surface area contributed by atoms with Gasteiger partial charge in [0.2, 0.25) is 0 Å². The maximum atomic E-state index is 5.48. The smallest absolute Gasteiger partial charge is 0.181 e. The van der Waals surface area contributed by atoms with E-state index in [1.807, 2.05) is 0 Å². The molecule has 96 valence electrons. The SMILES string of the molecule is CC(C)c1ccc(-c2n[nH]c(CCCN)n2)cc1. The number of nitrogens with two attached hydrogens (primary N) is 1. The summed E-state index contributed by atoms with van der Waals surface area (Å²) >= 11 is 0. The first kappa shape index (κ1) is 12.8. The molecule has 0 bridgehead atoms. The third-order valence-electron chi connectivity index (χ3n) is 2.98. The summed E-state index contributed by atoms with van der Waals surface area (Å²) in [5.41, 5.74) is 7.86. The van der Waals surface area contributed by atoms with Crippen molar-refractivity contribution in [2.75, 3.05) is 6.54 Å². The molecule has 0 spiro atoms. The van der Waals surface area contributed by atoms with Crippen LogP contribution < -0.4 is 5.73 Å². The summed E-state index contributed by atoms with van der Waals surface area (Å²) in [7, 11) is 0. The molecule has 0 aliphatic rings. The molecule has 1 aromatic heterocycles. The minimum atomic E-state index is 0.548. The molecule has 1 heterocycles. The summed E-state index contributed by atoms with van der Waals surface area (Å²) in [6, 6.07) is 8.42. The second-order valence-electron chi connectivity index (χ2n) is 4.77. The van der Waals surface area contributed by atoms with Crippen LogP contribution in [0.2, 0.25) is 0 Å². The van der Waals surface area contributed by atoms with Gasteiger partial charge in [-0.15, -0.1) is 0 Å². The number of aromatic amines is 1. The highest BCUT2D eigenvalue weighted by atomic mass is 15.2. The molecule has 0 radical (unpaired) electrons. The average Bonchev–Trinajstić information content (AvgIpc) is 2.85. The molecule has 3 N–H and O–H groups in total. The number of rotatable bonds is 5. The van der Waals surface area contributed by atoms with Crippen molar-refractivity contribution < 1.29 is 0 Å². The summed E-state index contributed by atoms with van der Waals surface area (Å²) in [6.45, 7) is 5.05. The van der Waals surface area contributed by atoms with Crippen LogP contribution in [-0.4, -0.2) is 21.7 Å². The predicted octanol–water partition coefficient (Wildman–Crippen LogP) is 2.49. The standard InChI is InChI=1S/C14H20N4/c1-10(2)11-5-7-12(8-6-11)14-16-13(17-18-14)4-3-9-15/h5-8,10H,3-4,9,15H2,1-2H3,(H,16,17,18). The summed E-state index contributed by atoms with van der Waals surface area (Å²) in [5, 5.41) is 7.20. The van der Waals surface area contributed by atoms with Crippen LogP contribution in [0.25, 0.3) is 11.4 Å². The molecular weight excluding hydrogens is 224 g/mol. The summed E-state index contributed by atoms with van der Waals surface area (Å²) < 4.78 is 0. The van der Waals surface area contributed by atoms with Crippen molar-refractivity contribution in [3.05, 3.63) is 35.7 Å². The van der Waals surface area contributed by atoms with E-state index < -0.39 is 0 Å². The molecule has 0 fully saturated rings. The molecule has 0 aliphatic carbocycles. The number of nitrogens with one attached hydrogen (secondary N) is 1. The molecule has 18 heavy (non-hydrogen) atoms. The molecule has 4 heteroatoms. The van der Waals surface area contributed by atoms with Gasteiger partial charge in [-0.1, -0.05) is 38.1 Å². The van der Waals surface area contributed by atoms with Crippen molar-refractivity contribution in [3.63, 3.8) is 0 Å². The number of nitrogens with zero attached hydrogens (tertiary/aromatic N) is 2. The lowest BCUT2D eigenvalue weighted by molar-refractivity contribution is 0.785. The zero-order valence-corrected chi connectivity index (χ0v) is 11.0. The third kappa shape index (κ3) is 2.96. The highest BCUT2D eigenvalue weighted by Crippen LogP contribution is 2.19. The fraction of sp³-hybridized carbons (Fsp3) is 0.429. The van der Waals surface area contributed by atoms with Crippen LogP contribution in [0.15, 0.2) is 24.3 Å². The van der Waals surface area contributed by atoms with Gasteiger partial charge in [-0.2, -0.15) is 5.10 Å². The first-order valence-corrected chi connectivity index (χ1v) is 6.42. The average molecular weight is 244 g/mol. The van der Waals surface area contributed by atoms with Crippen LogP contribution in [0.4, 0.5) is 0 Å². The largest absolute Gasteiger partial charge is 0.330 e. The normalized spacial score (nSPS) is 11.1. The zero-order chi connectivity index (χ0) is 13.0. The highest BCUT2D eigenvalue weighted by Gasteiger charge is 2.06. The van der Waals surface area contributed by atoms with Gasteiger partial charge in [-0.05, 0) is 24.4 Å². The molecule has 1 aromatic carbocycles. The number of hydrogen-bond donors (Lipinski definition) is 2. The van der Waals surface area contributed by atoms with Gasteiger partial charge in [0.15, 0.2) is 5.82 Å². The molecule has 2 aromatic rings. The van der Waals surface area contributed by atoms with Crippen LogP contribution in [0.1, 0.15) is 37.6 Å². The molecule has 0 saturated carbocycles. The van der Waals surface area contributed by atoms with Gasteiger partial charge in [-0.25, -0.2) is 4.98 Å². The van der Waals surface area contributed by atoms with Gasteiger partial charge in [0.1, 0.15) is 5.82 Å². The van der Waals surface area contributed by atoms with Crippen molar-refractivity contribution in [1.29, 1.82) is 0 Å². The van der Waals surface area contributed by atoms with Gasteiger partial charge in [0.05, 0.1) is 0 Å². The summed E-state index contributed by atoms with van der Waals surface area (Å²) in [6.07, 6.45) is 1.79. The van der Waals surface area contributed by atoms with Crippen molar-refractivity contribution in [3.8, 4) is 11.4 Å². The molecule has 0 amide bonds. The van der Waals surface area contributed by atoms with Gasteiger partial charge < -0.3 is 5.73 Å². The number of benzene rings is 1. The Labute approximate surface area is 108 Å². The lowest BCUT2D eigenvalue weighted by Gasteiger charge is -2.04. The van der Waals surface area contributed by atoms with Crippen LogP contribution in [0.5, 0.6) is 0 Å². The topological polar surface area (TPSA) is 67.6 Å². The quantitative estimate of drug-likeness (QED) is 0.849.